The van der Waals surface area contributed by atoms with Gasteiger partial charge in [0.05, 0.1) is 0 Å². The van der Waals surface area contributed by atoms with E-state index in [-0.39, 0.29) is 6.08 Å². The summed E-state index contributed by atoms with van der Waals surface area (Å²) in [6.07, 6.45) is 0.105. The zero-order chi connectivity index (χ0) is 15.4. The van der Waals surface area contributed by atoms with E-state index in [9.17, 15) is 40.2 Å². The standard InChI is InChI=1S/C9H12O10/c1-3-2-6(14,4(10)11)7(15,5(12)13)9(18,19)8(3,16)17/h2,14-19H,1H3,(H,10,11)(H,12,13). The molecule has 1 aliphatic carbocycles. The molecule has 10 nitrogen and oxygen atoms in total. The number of carbonyl (C=O) groups is 2. The van der Waals surface area contributed by atoms with Crippen molar-refractivity contribution in [2.24, 2.45) is 0 Å². The molecular weight excluding hydrogens is 268 g/mol. The van der Waals surface area contributed by atoms with Gasteiger partial charge in [-0.05, 0) is 18.6 Å². The minimum atomic E-state index is -4.29. The molecule has 0 aromatic rings. The number of carboxylic acids is 2. The summed E-state index contributed by atoms with van der Waals surface area (Å²) < 4.78 is 0. The molecule has 1 rings (SSSR count). The van der Waals surface area contributed by atoms with E-state index in [2.05, 4.69) is 0 Å². The predicted octanol–water partition coefficient (Wildman–Crippen LogP) is -4.06. The summed E-state index contributed by atoms with van der Waals surface area (Å²) in [5, 5.41) is 74.9. The smallest absolute Gasteiger partial charge is 0.345 e. The van der Waals surface area contributed by atoms with Crippen molar-refractivity contribution in [3.8, 4) is 0 Å². The number of rotatable bonds is 2. The molecule has 8 N–H and O–H groups in total. The first-order chi connectivity index (χ1) is 8.26. The highest BCUT2D eigenvalue weighted by Gasteiger charge is 2.79. The molecule has 0 amide bonds. The van der Waals surface area contributed by atoms with Crippen LogP contribution >= 0.6 is 0 Å². The third-order valence-electron chi connectivity index (χ3n) is 3.15. The highest BCUT2D eigenvalue weighted by atomic mass is 16.6. The lowest BCUT2D eigenvalue weighted by Crippen LogP contribution is -2.82. The van der Waals surface area contributed by atoms with Gasteiger partial charge in [0.1, 0.15) is 0 Å². The number of aliphatic carboxylic acids is 2. The van der Waals surface area contributed by atoms with Crippen LogP contribution in [0.1, 0.15) is 6.92 Å². The van der Waals surface area contributed by atoms with Gasteiger partial charge in [-0.2, -0.15) is 0 Å². The van der Waals surface area contributed by atoms with Gasteiger partial charge in [-0.15, -0.1) is 0 Å². The number of carboxylic acid groups (broad SMARTS) is 2. The van der Waals surface area contributed by atoms with Crippen molar-refractivity contribution in [2.75, 3.05) is 0 Å². The van der Waals surface area contributed by atoms with Gasteiger partial charge in [0, 0.05) is 0 Å². The topological polar surface area (TPSA) is 196 Å². The Labute approximate surface area is 105 Å². The van der Waals surface area contributed by atoms with Crippen LogP contribution in [0.15, 0.2) is 11.6 Å². The second-order valence-electron chi connectivity index (χ2n) is 4.26. The Bertz CT molecular complexity index is 477. The van der Waals surface area contributed by atoms with Crippen molar-refractivity contribution < 1.29 is 50.4 Å². The van der Waals surface area contributed by atoms with E-state index in [0.717, 1.165) is 6.92 Å². The third-order valence-corrected chi connectivity index (χ3v) is 3.15. The van der Waals surface area contributed by atoms with Gasteiger partial charge in [0.25, 0.3) is 11.4 Å². The quantitative estimate of drug-likeness (QED) is 0.182. The fourth-order valence-electron chi connectivity index (χ4n) is 1.84. The Kier molecular flexibility index (Phi) is 3.04. The van der Waals surface area contributed by atoms with Crippen LogP contribution < -0.4 is 0 Å². The molecule has 2 atom stereocenters. The Morgan fingerprint density at radius 1 is 0.947 bits per heavy atom. The van der Waals surface area contributed by atoms with Crippen molar-refractivity contribution in [2.45, 2.75) is 29.7 Å². The van der Waals surface area contributed by atoms with Crippen molar-refractivity contribution in [1.29, 1.82) is 0 Å². The van der Waals surface area contributed by atoms with Gasteiger partial charge >= 0.3 is 11.9 Å². The van der Waals surface area contributed by atoms with Gasteiger partial charge in [0.15, 0.2) is 0 Å². The first-order valence-electron chi connectivity index (χ1n) is 4.77. The van der Waals surface area contributed by atoms with Gasteiger partial charge < -0.3 is 40.9 Å². The van der Waals surface area contributed by atoms with E-state index < -0.39 is 40.3 Å². The SMILES string of the molecule is CC1=CC(O)(C(=O)O)C(O)(C(=O)O)C(O)(O)C1(O)O. The minimum Gasteiger partial charge on any atom is -0.479 e. The van der Waals surface area contributed by atoms with Gasteiger partial charge in [-0.25, -0.2) is 9.59 Å². The molecule has 0 radical (unpaired) electrons. The van der Waals surface area contributed by atoms with Crippen LogP contribution in [0.25, 0.3) is 0 Å². The first-order valence-corrected chi connectivity index (χ1v) is 4.77. The Hall–Kier alpha value is -1.56. The summed E-state index contributed by atoms with van der Waals surface area (Å²) in [6, 6.07) is 0. The molecule has 0 aromatic heterocycles. The highest BCUT2D eigenvalue weighted by Crippen LogP contribution is 2.46. The average molecular weight is 280 g/mol. The summed E-state index contributed by atoms with van der Waals surface area (Å²) in [4.78, 5) is 21.9. The summed E-state index contributed by atoms with van der Waals surface area (Å²) >= 11 is 0. The zero-order valence-electron chi connectivity index (χ0n) is 9.47. The summed E-state index contributed by atoms with van der Waals surface area (Å²) in [5.41, 5.74) is -8.80. The lowest BCUT2D eigenvalue weighted by atomic mass is 9.66. The summed E-state index contributed by atoms with van der Waals surface area (Å²) in [7, 11) is 0. The molecule has 0 aliphatic heterocycles. The molecule has 0 bridgehead atoms. The molecule has 0 spiro atoms. The molecule has 0 fully saturated rings. The van der Waals surface area contributed by atoms with E-state index >= 15 is 0 Å². The van der Waals surface area contributed by atoms with Gasteiger partial charge in [0.2, 0.25) is 11.4 Å². The van der Waals surface area contributed by atoms with Crippen LogP contribution in [0.4, 0.5) is 0 Å². The highest BCUT2D eigenvalue weighted by molar-refractivity contribution is 5.94. The fourth-order valence-corrected chi connectivity index (χ4v) is 1.84. The van der Waals surface area contributed by atoms with Crippen LogP contribution in [-0.4, -0.2) is 75.6 Å². The molecule has 0 aromatic carbocycles. The summed E-state index contributed by atoms with van der Waals surface area (Å²) in [6.45, 7) is 0.788. The fraction of sp³-hybridized carbons (Fsp3) is 0.556. The van der Waals surface area contributed by atoms with Gasteiger partial charge in [-0.3, -0.25) is 0 Å². The van der Waals surface area contributed by atoms with E-state index in [1.165, 1.54) is 0 Å². The summed E-state index contributed by atoms with van der Waals surface area (Å²) in [5.74, 6) is -12.9. The van der Waals surface area contributed by atoms with E-state index in [0.29, 0.717) is 0 Å². The van der Waals surface area contributed by atoms with Crippen molar-refractivity contribution >= 4 is 11.9 Å². The van der Waals surface area contributed by atoms with Crippen LogP contribution in [0.3, 0.4) is 0 Å². The lowest BCUT2D eigenvalue weighted by molar-refractivity contribution is -0.410. The van der Waals surface area contributed by atoms with E-state index in [4.69, 9.17) is 10.2 Å². The van der Waals surface area contributed by atoms with Crippen molar-refractivity contribution in [1.82, 2.24) is 0 Å². The first kappa shape index (κ1) is 15.5. The second-order valence-corrected chi connectivity index (χ2v) is 4.26. The molecule has 10 heteroatoms. The maximum Gasteiger partial charge on any atom is 0.345 e. The number of hydrogen-bond acceptors (Lipinski definition) is 8. The molecule has 19 heavy (non-hydrogen) atoms. The Morgan fingerprint density at radius 3 is 1.68 bits per heavy atom. The van der Waals surface area contributed by atoms with Gasteiger partial charge in [-0.1, -0.05) is 0 Å². The molecule has 1 aliphatic rings. The normalized spacial score (nSPS) is 36.5. The van der Waals surface area contributed by atoms with Crippen LogP contribution in [0.2, 0.25) is 0 Å². The van der Waals surface area contributed by atoms with Crippen LogP contribution in [0.5, 0.6) is 0 Å². The minimum absolute atomic E-state index is 0.105. The van der Waals surface area contributed by atoms with E-state index in [1.807, 2.05) is 0 Å². The molecule has 108 valence electrons. The van der Waals surface area contributed by atoms with Crippen LogP contribution in [0, 0.1) is 0 Å². The molecular formula is C9H12O10. The second kappa shape index (κ2) is 3.72. The molecule has 0 saturated heterocycles. The Morgan fingerprint density at radius 2 is 1.37 bits per heavy atom. The van der Waals surface area contributed by atoms with Crippen molar-refractivity contribution in [3.63, 3.8) is 0 Å². The van der Waals surface area contributed by atoms with Crippen molar-refractivity contribution in [3.05, 3.63) is 11.6 Å². The number of aliphatic hydroxyl groups is 6. The largest absolute Gasteiger partial charge is 0.479 e. The average Bonchev–Trinajstić information content (AvgIpc) is 2.24. The monoisotopic (exact) mass is 280 g/mol. The number of hydrogen-bond donors (Lipinski definition) is 8. The van der Waals surface area contributed by atoms with E-state index in [1.54, 1.807) is 0 Å². The zero-order valence-corrected chi connectivity index (χ0v) is 9.47. The maximum atomic E-state index is 11.0. The predicted molar refractivity (Wildman–Crippen MR) is 53.3 cm³/mol. The molecule has 0 saturated carbocycles. The third kappa shape index (κ3) is 1.46. The van der Waals surface area contributed by atoms with Crippen LogP contribution in [-0.2, 0) is 9.59 Å². The molecule has 2 unspecified atom stereocenters. The lowest BCUT2D eigenvalue weighted by Gasteiger charge is -2.51. The molecule has 0 heterocycles. The maximum absolute atomic E-state index is 11.0. The Balaban J connectivity index is 3.83.